The molecule has 36 heavy (non-hydrogen) atoms. The van der Waals surface area contributed by atoms with Crippen molar-refractivity contribution in [2.75, 3.05) is 43.6 Å². The highest BCUT2D eigenvalue weighted by atomic mass is 35.5. The third-order valence-corrected chi connectivity index (χ3v) is 7.12. The second kappa shape index (κ2) is 11.5. The maximum absolute atomic E-state index is 13.2. The molecular weight excluding hydrogens is 518 g/mol. The van der Waals surface area contributed by atoms with Crippen LogP contribution in [-0.4, -0.2) is 74.7 Å². The summed E-state index contributed by atoms with van der Waals surface area (Å²) in [7, 11) is 1.80. The Labute approximate surface area is 215 Å². The van der Waals surface area contributed by atoms with E-state index in [1.807, 2.05) is 4.90 Å². The average Bonchev–Trinajstić information content (AvgIpc) is 3.59. The van der Waals surface area contributed by atoms with E-state index >= 15 is 0 Å². The molecule has 1 aromatic carbocycles. The van der Waals surface area contributed by atoms with Crippen LogP contribution in [0.25, 0.3) is 0 Å². The Morgan fingerprint density at radius 2 is 2.08 bits per heavy atom. The molecule has 0 radical (unpaired) electrons. The van der Waals surface area contributed by atoms with Crippen molar-refractivity contribution in [1.82, 2.24) is 10.2 Å². The Morgan fingerprint density at radius 1 is 1.31 bits per heavy atom. The number of hydrogen-bond donors (Lipinski definition) is 2. The lowest BCUT2D eigenvalue weighted by molar-refractivity contribution is -0.126. The number of anilines is 2. The molecule has 194 valence electrons. The molecule has 1 aliphatic carbocycles. The van der Waals surface area contributed by atoms with Gasteiger partial charge in [0.05, 0.1) is 21.5 Å². The highest BCUT2D eigenvalue weighted by molar-refractivity contribution is 7.18. The predicted octanol–water partition coefficient (Wildman–Crippen LogP) is 3.20. The van der Waals surface area contributed by atoms with E-state index in [1.54, 1.807) is 19.2 Å². The van der Waals surface area contributed by atoms with Crippen molar-refractivity contribution in [2.45, 2.75) is 31.5 Å². The van der Waals surface area contributed by atoms with Gasteiger partial charge in [-0.05, 0) is 44.2 Å². The second-order valence-corrected chi connectivity index (χ2v) is 10.1. The normalized spacial score (nSPS) is 16.8. The van der Waals surface area contributed by atoms with Gasteiger partial charge in [-0.25, -0.2) is 0 Å². The molecule has 1 atom stereocenters. The molecule has 2 aromatic rings. The number of likely N-dealkylation sites (N-methyl/N-ethyl adjacent to an activating group) is 1. The molecule has 0 bridgehead atoms. The maximum atomic E-state index is 13.2. The topological polar surface area (TPSA) is 100 Å². The molecule has 0 spiro atoms. The summed E-state index contributed by atoms with van der Waals surface area (Å²) in [6, 6.07) is 6.93. The van der Waals surface area contributed by atoms with Crippen molar-refractivity contribution in [3.05, 3.63) is 39.5 Å². The van der Waals surface area contributed by atoms with E-state index in [-0.39, 0.29) is 61.3 Å². The van der Waals surface area contributed by atoms with Gasteiger partial charge in [0.15, 0.2) is 5.75 Å². The lowest BCUT2D eigenvalue weighted by Gasteiger charge is -2.29. The first-order valence-corrected chi connectivity index (χ1v) is 12.5. The molecule has 2 N–H and O–H groups in total. The van der Waals surface area contributed by atoms with E-state index in [2.05, 4.69) is 15.4 Å². The summed E-state index contributed by atoms with van der Waals surface area (Å²) in [5.74, 6) is -1.40. The molecule has 1 saturated heterocycles. The fourth-order valence-electron chi connectivity index (χ4n) is 3.87. The van der Waals surface area contributed by atoms with Gasteiger partial charge in [0.1, 0.15) is 12.6 Å². The summed E-state index contributed by atoms with van der Waals surface area (Å²) in [4.78, 5) is 41.5. The third-order valence-electron chi connectivity index (χ3n) is 5.89. The van der Waals surface area contributed by atoms with Gasteiger partial charge in [-0.3, -0.25) is 19.3 Å². The van der Waals surface area contributed by atoms with Crippen molar-refractivity contribution in [3.8, 4) is 5.75 Å². The van der Waals surface area contributed by atoms with Crippen LogP contribution in [0.4, 0.5) is 20.2 Å². The van der Waals surface area contributed by atoms with Crippen LogP contribution in [0.3, 0.4) is 0 Å². The van der Waals surface area contributed by atoms with Crippen molar-refractivity contribution >= 4 is 52.0 Å². The van der Waals surface area contributed by atoms with Gasteiger partial charge in [0.25, 0.3) is 11.8 Å². The van der Waals surface area contributed by atoms with Crippen molar-refractivity contribution in [3.63, 3.8) is 0 Å². The first-order chi connectivity index (χ1) is 17.2. The number of hydrogen-bond acceptors (Lipinski definition) is 7. The molecule has 9 nitrogen and oxygen atoms in total. The standard InChI is InChI=1S/C23H25ClF2N4O5S/c1-29(14-3-4-14)16(11-27-22(33)18-6-7-19(24)36-18)21(32)28-13-2-5-15(17(10-13)35-23(25)26)30-8-9-34-12-20(30)31/h2,5-7,10,14,16,23H,3-4,8-9,11-12H2,1H3,(H,27,33)(H,28,32)/t16-/m1/s1. The Hall–Kier alpha value is -2.80. The van der Waals surface area contributed by atoms with E-state index in [0.717, 1.165) is 24.2 Å². The van der Waals surface area contributed by atoms with Crippen LogP contribution in [0.2, 0.25) is 4.34 Å². The number of nitrogens with zero attached hydrogens (tertiary/aromatic N) is 2. The van der Waals surface area contributed by atoms with Gasteiger partial charge < -0.3 is 25.0 Å². The van der Waals surface area contributed by atoms with Crippen LogP contribution in [0.1, 0.15) is 22.5 Å². The number of morpholine rings is 1. The zero-order valence-electron chi connectivity index (χ0n) is 19.3. The summed E-state index contributed by atoms with van der Waals surface area (Å²) in [6.45, 7) is -2.80. The molecule has 13 heteroatoms. The van der Waals surface area contributed by atoms with Crippen LogP contribution in [0, 0.1) is 0 Å². The van der Waals surface area contributed by atoms with Gasteiger partial charge in [0.2, 0.25) is 5.91 Å². The molecule has 2 fully saturated rings. The van der Waals surface area contributed by atoms with Crippen LogP contribution >= 0.6 is 22.9 Å². The minimum atomic E-state index is -3.12. The summed E-state index contributed by atoms with van der Waals surface area (Å²) in [5, 5.41) is 5.49. The van der Waals surface area contributed by atoms with E-state index in [0.29, 0.717) is 9.21 Å². The number of alkyl halides is 2. The smallest absolute Gasteiger partial charge is 0.387 e. The van der Waals surface area contributed by atoms with Crippen LogP contribution in [0.15, 0.2) is 30.3 Å². The molecule has 4 rings (SSSR count). The number of thiophene rings is 1. The van der Waals surface area contributed by atoms with Gasteiger partial charge in [-0.1, -0.05) is 11.6 Å². The number of carbonyl (C=O) groups excluding carboxylic acids is 3. The fourth-order valence-corrected chi connectivity index (χ4v) is 4.83. The molecule has 1 aromatic heterocycles. The molecular formula is C23H25ClF2N4O5S. The molecule has 1 saturated carbocycles. The maximum Gasteiger partial charge on any atom is 0.387 e. The Morgan fingerprint density at radius 3 is 2.72 bits per heavy atom. The number of nitrogens with one attached hydrogen (secondary N) is 2. The van der Waals surface area contributed by atoms with E-state index in [4.69, 9.17) is 16.3 Å². The molecule has 2 heterocycles. The number of amides is 3. The lowest BCUT2D eigenvalue weighted by atomic mass is 10.2. The van der Waals surface area contributed by atoms with E-state index < -0.39 is 18.6 Å². The van der Waals surface area contributed by atoms with E-state index in [1.165, 1.54) is 23.1 Å². The van der Waals surface area contributed by atoms with E-state index in [9.17, 15) is 23.2 Å². The summed E-state index contributed by atoms with van der Waals surface area (Å²) in [5.41, 5.74) is 0.376. The third kappa shape index (κ3) is 6.49. The van der Waals surface area contributed by atoms with Crippen LogP contribution in [0.5, 0.6) is 5.75 Å². The van der Waals surface area contributed by atoms with Gasteiger partial charge in [0, 0.05) is 30.9 Å². The SMILES string of the molecule is CN(C1CC1)[C@H](CNC(=O)c1ccc(Cl)s1)C(=O)Nc1ccc(N2CCOCC2=O)c(OC(F)F)c1. The number of rotatable bonds is 10. The quantitative estimate of drug-likeness (QED) is 0.478. The Bertz CT molecular complexity index is 1130. The molecule has 2 aliphatic rings. The van der Waals surface area contributed by atoms with Gasteiger partial charge >= 0.3 is 6.61 Å². The fraction of sp³-hybridized carbons (Fsp3) is 0.435. The predicted molar refractivity (Wildman–Crippen MR) is 131 cm³/mol. The summed E-state index contributed by atoms with van der Waals surface area (Å²) in [6.07, 6.45) is 1.87. The molecule has 1 aliphatic heterocycles. The monoisotopic (exact) mass is 542 g/mol. The Kier molecular flexibility index (Phi) is 8.39. The van der Waals surface area contributed by atoms with Crippen LogP contribution < -0.4 is 20.3 Å². The molecule has 3 amide bonds. The van der Waals surface area contributed by atoms with Crippen LogP contribution in [-0.2, 0) is 14.3 Å². The zero-order valence-corrected chi connectivity index (χ0v) is 20.9. The highest BCUT2D eigenvalue weighted by Gasteiger charge is 2.35. The summed E-state index contributed by atoms with van der Waals surface area (Å²) < 4.78 is 36.5. The first kappa shape index (κ1) is 26.3. The zero-order chi connectivity index (χ0) is 25.8. The van der Waals surface area contributed by atoms with Gasteiger partial charge in [-0.15, -0.1) is 11.3 Å². The Balaban J connectivity index is 1.49. The highest BCUT2D eigenvalue weighted by Crippen LogP contribution is 2.34. The minimum Gasteiger partial charge on any atom is -0.433 e. The minimum absolute atomic E-state index is 0.0357. The lowest BCUT2D eigenvalue weighted by Crippen LogP contribution is -2.50. The number of carbonyl (C=O) groups is 3. The largest absolute Gasteiger partial charge is 0.433 e. The van der Waals surface area contributed by atoms with Crippen molar-refractivity contribution in [2.24, 2.45) is 0 Å². The number of benzene rings is 1. The number of halogens is 3. The number of ether oxygens (including phenoxy) is 2. The van der Waals surface area contributed by atoms with Gasteiger partial charge in [-0.2, -0.15) is 8.78 Å². The first-order valence-electron chi connectivity index (χ1n) is 11.3. The van der Waals surface area contributed by atoms with Crippen molar-refractivity contribution in [1.29, 1.82) is 0 Å². The second-order valence-electron chi connectivity index (χ2n) is 8.37. The molecule has 0 unspecified atom stereocenters. The summed E-state index contributed by atoms with van der Waals surface area (Å²) >= 11 is 7.04. The van der Waals surface area contributed by atoms with Crippen molar-refractivity contribution < 1.29 is 32.6 Å². The average molecular weight is 543 g/mol.